The predicted molar refractivity (Wildman–Crippen MR) is 66.7 cm³/mol. The summed E-state index contributed by atoms with van der Waals surface area (Å²) in [6.45, 7) is 0. The van der Waals surface area contributed by atoms with E-state index in [0.29, 0.717) is 6.26 Å². The normalized spacial score (nSPS) is 10.8. The Labute approximate surface area is 97.6 Å². The molecule has 0 amide bonds. The minimum Gasteiger partial charge on any atom is -0.748 e. The number of rotatable bonds is 1. The van der Waals surface area contributed by atoms with E-state index in [-0.39, 0.29) is 6.15 Å². The Morgan fingerprint density at radius 2 is 1.38 bits per heavy atom. The van der Waals surface area contributed by atoms with Crippen molar-refractivity contribution < 1.29 is 13.0 Å². The summed E-state index contributed by atoms with van der Waals surface area (Å²) in [6.07, 6.45) is 0.604. The van der Waals surface area contributed by atoms with E-state index in [2.05, 4.69) is 45.4 Å². The minimum absolute atomic E-state index is 0. The highest BCUT2D eigenvalue weighted by molar-refractivity contribution is 7.84. The maximum Gasteiger partial charge on any atom is 0.132 e. The van der Waals surface area contributed by atoms with Crippen LogP contribution in [-0.4, -0.2) is 40.4 Å². The Morgan fingerprint density at radius 1 is 1.06 bits per heavy atom. The summed E-state index contributed by atoms with van der Waals surface area (Å²) < 4.78 is 28.1. The topological polar surface area (TPSA) is 92.2 Å². The van der Waals surface area contributed by atoms with Gasteiger partial charge < -0.3 is 10.7 Å². The fourth-order valence-corrected chi connectivity index (χ4v) is 0.875. The fraction of sp³-hybridized carbons (Fsp3) is 0.400. The molecule has 1 rings (SSSR count). The molecule has 3 N–H and O–H groups in total. The zero-order valence-electron chi connectivity index (χ0n) is 10.2. The molecule has 1 aromatic rings. The van der Waals surface area contributed by atoms with Gasteiger partial charge in [0.25, 0.3) is 0 Å². The SMILES string of the molecule is CS(=O)(=O)[O-].C[N+](C)(C)c1ccccc1.N. The molecule has 0 saturated carbocycles. The zero-order valence-corrected chi connectivity index (χ0v) is 11.0. The Bertz CT molecular complexity index is 374. The van der Waals surface area contributed by atoms with E-state index in [1.807, 2.05) is 6.07 Å². The first kappa shape index (κ1) is 17.4. The van der Waals surface area contributed by atoms with E-state index < -0.39 is 10.1 Å². The number of hydrogen-bond donors (Lipinski definition) is 1. The van der Waals surface area contributed by atoms with Crippen LogP contribution < -0.4 is 10.6 Å². The van der Waals surface area contributed by atoms with Crippen LogP contribution in [-0.2, 0) is 10.1 Å². The van der Waals surface area contributed by atoms with Gasteiger partial charge in [0, 0.05) is 6.26 Å². The Kier molecular flexibility index (Phi) is 7.19. The molecule has 0 radical (unpaired) electrons. The molecule has 0 aliphatic rings. The van der Waals surface area contributed by atoms with E-state index in [4.69, 9.17) is 13.0 Å². The smallest absolute Gasteiger partial charge is 0.132 e. The summed E-state index contributed by atoms with van der Waals surface area (Å²) in [6, 6.07) is 10.5. The van der Waals surface area contributed by atoms with Crippen molar-refractivity contribution in [1.82, 2.24) is 10.6 Å². The van der Waals surface area contributed by atoms with E-state index in [1.54, 1.807) is 0 Å². The summed E-state index contributed by atoms with van der Waals surface area (Å²) >= 11 is 0. The molecule has 0 saturated heterocycles. The molecule has 16 heavy (non-hydrogen) atoms. The lowest BCUT2D eigenvalue weighted by molar-refractivity contribution is 0.470. The average Bonchev–Trinajstić information content (AvgIpc) is 2.01. The summed E-state index contributed by atoms with van der Waals surface area (Å²) in [5, 5.41) is 0. The number of para-hydroxylation sites is 1. The number of hydrogen-bond acceptors (Lipinski definition) is 4. The molecule has 0 aliphatic carbocycles. The van der Waals surface area contributed by atoms with E-state index >= 15 is 0 Å². The summed E-state index contributed by atoms with van der Waals surface area (Å²) in [7, 11) is 2.57. The van der Waals surface area contributed by atoms with Gasteiger partial charge in [-0.05, 0) is 12.1 Å². The molecule has 0 fully saturated rings. The Balaban J connectivity index is 0. The highest BCUT2D eigenvalue weighted by atomic mass is 32.2. The fourth-order valence-electron chi connectivity index (χ4n) is 0.875. The monoisotopic (exact) mass is 248 g/mol. The molecule has 0 spiro atoms. The third-order valence-corrected chi connectivity index (χ3v) is 1.53. The second-order valence-corrected chi connectivity index (χ2v) is 5.46. The molecule has 94 valence electrons. The number of benzene rings is 1. The second-order valence-electron chi connectivity index (χ2n) is 4.05. The van der Waals surface area contributed by atoms with Crippen LogP contribution in [0.5, 0.6) is 0 Å². The number of nitrogens with zero attached hydrogens (tertiary/aromatic N) is 1. The lowest BCUT2D eigenvalue weighted by atomic mass is 10.3. The minimum atomic E-state index is -3.92. The first-order chi connectivity index (χ1) is 6.61. The van der Waals surface area contributed by atoms with Crippen LogP contribution >= 0.6 is 0 Å². The maximum atomic E-state index is 9.08. The van der Waals surface area contributed by atoms with Crippen molar-refractivity contribution in [3.8, 4) is 0 Å². The van der Waals surface area contributed by atoms with Crippen molar-refractivity contribution in [3.05, 3.63) is 30.3 Å². The lowest BCUT2D eigenvalue weighted by Crippen LogP contribution is -2.34. The van der Waals surface area contributed by atoms with Gasteiger partial charge in [0.1, 0.15) is 5.69 Å². The molecule has 0 aliphatic heterocycles. The Hall–Kier alpha value is -0.950. The standard InChI is InChI=1S/C9H14N.CH4O3S.H3N/c1-10(2,3)9-7-5-4-6-8-9;1-5(2,3)4;/h4-8H,1-3H3;1H3,(H,2,3,4);1H3/q+1;;/p-1. The van der Waals surface area contributed by atoms with Gasteiger partial charge in [-0.3, -0.25) is 4.48 Å². The Morgan fingerprint density at radius 3 is 1.56 bits per heavy atom. The van der Waals surface area contributed by atoms with Crippen molar-refractivity contribution >= 4 is 15.8 Å². The summed E-state index contributed by atoms with van der Waals surface area (Å²) in [4.78, 5) is 0. The van der Waals surface area contributed by atoms with E-state index in [9.17, 15) is 0 Å². The van der Waals surface area contributed by atoms with Crippen LogP contribution in [0.25, 0.3) is 0 Å². The third kappa shape index (κ3) is 11.1. The van der Waals surface area contributed by atoms with Crippen molar-refractivity contribution in [2.45, 2.75) is 0 Å². The summed E-state index contributed by atoms with van der Waals surface area (Å²) in [5.41, 5.74) is 1.34. The average molecular weight is 248 g/mol. The van der Waals surface area contributed by atoms with Gasteiger partial charge in [0.15, 0.2) is 0 Å². The molecule has 6 heteroatoms. The van der Waals surface area contributed by atoms with Crippen LogP contribution in [0.1, 0.15) is 0 Å². The molecule has 0 heterocycles. The zero-order chi connectivity index (χ0) is 12.1. The van der Waals surface area contributed by atoms with Crippen LogP contribution in [0.4, 0.5) is 5.69 Å². The number of quaternary nitrogens is 1. The van der Waals surface area contributed by atoms with Gasteiger partial charge in [-0.25, -0.2) is 8.42 Å². The highest BCUT2D eigenvalue weighted by Crippen LogP contribution is 2.14. The molecule has 0 unspecified atom stereocenters. The van der Waals surface area contributed by atoms with Gasteiger partial charge >= 0.3 is 0 Å². The van der Waals surface area contributed by atoms with Gasteiger partial charge in [0.2, 0.25) is 0 Å². The van der Waals surface area contributed by atoms with E-state index in [0.717, 1.165) is 4.48 Å². The van der Waals surface area contributed by atoms with Crippen LogP contribution in [0.15, 0.2) is 30.3 Å². The van der Waals surface area contributed by atoms with Gasteiger partial charge in [-0.2, -0.15) is 0 Å². The van der Waals surface area contributed by atoms with Gasteiger partial charge in [-0.15, -0.1) is 0 Å². The van der Waals surface area contributed by atoms with Crippen LogP contribution in [0.2, 0.25) is 0 Å². The largest absolute Gasteiger partial charge is 0.748 e. The molecule has 5 nitrogen and oxygen atoms in total. The van der Waals surface area contributed by atoms with Crippen molar-refractivity contribution in [2.75, 3.05) is 27.4 Å². The first-order valence-electron chi connectivity index (χ1n) is 4.38. The third-order valence-electron chi connectivity index (χ3n) is 1.53. The quantitative estimate of drug-likeness (QED) is 0.597. The van der Waals surface area contributed by atoms with Crippen LogP contribution in [0.3, 0.4) is 0 Å². The van der Waals surface area contributed by atoms with Crippen molar-refractivity contribution in [3.63, 3.8) is 0 Å². The molecule has 1 aromatic carbocycles. The second kappa shape index (κ2) is 6.59. The molecular formula is C10H20N2O3S. The van der Waals surface area contributed by atoms with Crippen LogP contribution in [0, 0.1) is 0 Å². The maximum absolute atomic E-state index is 9.08. The molecule has 0 bridgehead atoms. The molecule has 0 aromatic heterocycles. The highest BCUT2D eigenvalue weighted by Gasteiger charge is 2.08. The molecule has 0 atom stereocenters. The summed E-state index contributed by atoms with van der Waals surface area (Å²) in [5.74, 6) is 0. The molecular weight excluding hydrogens is 228 g/mol. The predicted octanol–water partition coefficient (Wildman–Crippen LogP) is 1.21. The van der Waals surface area contributed by atoms with Gasteiger partial charge in [-0.1, -0.05) is 18.2 Å². The van der Waals surface area contributed by atoms with Gasteiger partial charge in [0.05, 0.1) is 31.3 Å². The van der Waals surface area contributed by atoms with E-state index in [1.165, 1.54) is 5.69 Å². The first-order valence-corrected chi connectivity index (χ1v) is 6.20. The van der Waals surface area contributed by atoms with Crippen molar-refractivity contribution in [2.24, 2.45) is 0 Å². The lowest BCUT2D eigenvalue weighted by Gasteiger charge is -2.22. The van der Waals surface area contributed by atoms with Crippen molar-refractivity contribution in [1.29, 1.82) is 0 Å².